The van der Waals surface area contributed by atoms with Gasteiger partial charge in [0.25, 0.3) is 0 Å². The van der Waals surface area contributed by atoms with Crippen molar-refractivity contribution in [2.45, 2.75) is 32.9 Å². The second kappa shape index (κ2) is 8.79. The number of halogens is 1. The molecule has 1 aliphatic rings. The summed E-state index contributed by atoms with van der Waals surface area (Å²) in [4.78, 5) is 3.97. The maximum absolute atomic E-state index is 6.20. The second-order valence-electron chi connectivity index (χ2n) is 6.79. The first-order chi connectivity index (χ1) is 12.6. The fraction of sp³-hybridized carbons (Fsp3) is 0.611. The van der Waals surface area contributed by atoms with Crippen LogP contribution in [0.5, 0.6) is 0 Å². The first-order valence-corrected chi connectivity index (χ1v) is 9.62. The van der Waals surface area contributed by atoms with E-state index < -0.39 is 0 Å². The van der Waals surface area contributed by atoms with E-state index in [2.05, 4.69) is 46.4 Å². The van der Waals surface area contributed by atoms with Gasteiger partial charge in [-0.2, -0.15) is 0 Å². The van der Waals surface area contributed by atoms with E-state index in [1.807, 2.05) is 10.7 Å². The van der Waals surface area contributed by atoms with Crippen LogP contribution in [0.4, 0.5) is 5.69 Å². The number of rotatable bonds is 7. The molecule has 8 heteroatoms. The van der Waals surface area contributed by atoms with Gasteiger partial charge in [-0.25, -0.2) is 4.68 Å². The van der Waals surface area contributed by atoms with Crippen molar-refractivity contribution in [1.29, 1.82) is 0 Å². The smallest absolute Gasteiger partial charge is 0.209 e. The van der Waals surface area contributed by atoms with Crippen molar-refractivity contribution in [3.8, 4) is 0 Å². The largest absolute Gasteiger partial charge is 0.383 e. The van der Waals surface area contributed by atoms with E-state index in [-0.39, 0.29) is 0 Å². The van der Waals surface area contributed by atoms with Crippen LogP contribution in [0.3, 0.4) is 0 Å². The lowest BCUT2D eigenvalue weighted by atomic mass is 10.1. The van der Waals surface area contributed by atoms with Gasteiger partial charge in [0.1, 0.15) is 6.04 Å². The molecule has 1 aromatic carbocycles. The van der Waals surface area contributed by atoms with Gasteiger partial charge in [0.05, 0.1) is 39.3 Å². The third-order valence-electron chi connectivity index (χ3n) is 5.20. The van der Waals surface area contributed by atoms with E-state index in [1.165, 1.54) is 16.2 Å². The van der Waals surface area contributed by atoms with Crippen molar-refractivity contribution in [3.05, 3.63) is 34.6 Å². The SMILES string of the molecule is CC[C@H](c1nnnn1CCOC)[NH+]1CCN(c2cc(Cl)ccc2C)CC1. The molecule has 1 aliphatic heterocycles. The summed E-state index contributed by atoms with van der Waals surface area (Å²) in [6, 6.07) is 6.43. The Kier molecular flexibility index (Phi) is 6.45. The summed E-state index contributed by atoms with van der Waals surface area (Å²) < 4.78 is 7.06. The van der Waals surface area contributed by atoms with Crippen LogP contribution in [-0.2, 0) is 11.3 Å². The summed E-state index contributed by atoms with van der Waals surface area (Å²) >= 11 is 6.20. The summed E-state index contributed by atoms with van der Waals surface area (Å²) in [5.74, 6) is 0.965. The van der Waals surface area contributed by atoms with Gasteiger partial charge in [-0.1, -0.05) is 24.6 Å². The number of nitrogens with zero attached hydrogens (tertiary/aromatic N) is 5. The average Bonchev–Trinajstić information content (AvgIpc) is 3.11. The van der Waals surface area contributed by atoms with E-state index >= 15 is 0 Å². The van der Waals surface area contributed by atoms with Gasteiger partial charge in [-0.15, -0.1) is 5.10 Å². The lowest BCUT2D eigenvalue weighted by Crippen LogP contribution is -3.15. The Morgan fingerprint density at radius 1 is 1.31 bits per heavy atom. The van der Waals surface area contributed by atoms with Gasteiger partial charge in [-0.05, 0) is 35.0 Å². The topological polar surface area (TPSA) is 60.5 Å². The van der Waals surface area contributed by atoms with Crippen molar-refractivity contribution >= 4 is 17.3 Å². The Bertz CT molecular complexity index is 713. The number of benzene rings is 1. The van der Waals surface area contributed by atoms with Crippen LogP contribution in [0, 0.1) is 6.92 Å². The van der Waals surface area contributed by atoms with Crippen molar-refractivity contribution in [3.63, 3.8) is 0 Å². The molecule has 0 unspecified atom stereocenters. The Labute approximate surface area is 159 Å². The molecular formula is C18H28ClN6O+. The normalized spacial score (nSPS) is 16.8. The highest BCUT2D eigenvalue weighted by Crippen LogP contribution is 2.24. The molecule has 2 heterocycles. The van der Waals surface area contributed by atoms with E-state index in [0.29, 0.717) is 19.2 Å². The summed E-state index contributed by atoms with van der Waals surface area (Å²) in [7, 11) is 1.70. The second-order valence-corrected chi connectivity index (χ2v) is 7.23. The number of aromatic nitrogens is 4. The van der Waals surface area contributed by atoms with Crippen LogP contribution >= 0.6 is 11.6 Å². The van der Waals surface area contributed by atoms with Gasteiger partial charge < -0.3 is 14.5 Å². The number of piperazine rings is 1. The Hall–Kier alpha value is -1.70. The summed E-state index contributed by atoms with van der Waals surface area (Å²) in [6.07, 6.45) is 1.01. The first kappa shape index (κ1) is 19.1. The minimum atomic E-state index is 0.310. The third kappa shape index (κ3) is 4.16. The third-order valence-corrected chi connectivity index (χ3v) is 5.43. The predicted molar refractivity (Wildman–Crippen MR) is 102 cm³/mol. The molecule has 7 nitrogen and oxygen atoms in total. The Balaban J connectivity index is 1.68. The molecule has 2 aromatic rings. The summed E-state index contributed by atoms with van der Waals surface area (Å²) in [5.41, 5.74) is 2.52. The lowest BCUT2D eigenvalue weighted by Gasteiger charge is -2.37. The Morgan fingerprint density at radius 3 is 2.77 bits per heavy atom. The highest BCUT2D eigenvalue weighted by molar-refractivity contribution is 6.30. The van der Waals surface area contributed by atoms with E-state index in [4.69, 9.17) is 16.3 Å². The number of methoxy groups -OCH3 is 1. The van der Waals surface area contributed by atoms with Crippen molar-refractivity contribution in [2.75, 3.05) is 44.8 Å². The van der Waals surface area contributed by atoms with Gasteiger partial charge >= 0.3 is 0 Å². The van der Waals surface area contributed by atoms with Gasteiger partial charge in [-0.3, -0.25) is 0 Å². The molecule has 1 N–H and O–H groups in total. The van der Waals surface area contributed by atoms with Crippen LogP contribution in [0.2, 0.25) is 5.02 Å². The van der Waals surface area contributed by atoms with Crippen LogP contribution in [-0.4, -0.2) is 60.1 Å². The zero-order valence-electron chi connectivity index (χ0n) is 15.8. The van der Waals surface area contributed by atoms with Crippen molar-refractivity contribution in [1.82, 2.24) is 20.2 Å². The Morgan fingerprint density at radius 2 is 2.08 bits per heavy atom. The molecule has 0 amide bonds. The van der Waals surface area contributed by atoms with E-state index in [1.54, 1.807) is 7.11 Å². The van der Waals surface area contributed by atoms with Crippen LogP contribution in [0.1, 0.15) is 30.8 Å². The lowest BCUT2D eigenvalue weighted by molar-refractivity contribution is -0.933. The summed E-state index contributed by atoms with van der Waals surface area (Å²) in [5, 5.41) is 13.1. The van der Waals surface area contributed by atoms with Crippen molar-refractivity contribution in [2.24, 2.45) is 0 Å². The van der Waals surface area contributed by atoms with Crippen molar-refractivity contribution < 1.29 is 9.64 Å². The minimum Gasteiger partial charge on any atom is -0.383 e. The number of nitrogens with one attached hydrogen (secondary N) is 1. The number of hydrogen-bond donors (Lipinski definition) is 1. The van der Waals surface area contributed by atoms with Crippen LogP contribution < -0.4 is 9.80 Å². The predicted octanol–water partition coefficient (Wildman–Crippen LogP) is 1.14. The molecule has 0 saturated carbocycles. The molecule has 1 fully saturated rings. The zero-order chi connectivity index (χ0) is 18.5. The molecular weight excluding hydrogens is 352 g/mol. The number of hydrogen-bond acceptors (Lipinski definition) is 5. The maximum Gasteiger partial charge on any atom is 0.209 e. The van der Waals surface area contributed by atoms with Gasteiger partial charge in [0.2, 0.25) is 5.82 Å². The average molecular weight is 380 g/mol. The molecule has 1 atom stereocenters. The standard InChI is InChI=1S/C18H27ClN6O/c1-4-16(18-20-21-22-25(18)11-12-26-3)23-7-9-24(10-8-23)17-13-15(19)6-5-14(17)2/h5-6,13,16H,4,7-12H2,1-3H3/p+1/t16-/m1/s1. The number of tetrazole rings is 1. The fourth-order valence-electron chi connectivity index (χ4n) is 3.76. The first-order valence-electron chi connectivity index (χ1n) is 9.24. The molecule has 1 aromatic heterocycles. The quantitative estimate of drug-likeness (QED) is 0.781. The number of ether oxygens (including phenoxy) is 1. The number of quaternary nitrogens is 1. The zero-order valence-corrected chi connectivity index (χ0v) is 16.5. The summed E-state index contributed by atoms with van der Waals surface area (Å²) in [6.45, 7) is 9.79. The maximum atomic E-state index is 6.20. The molecule has 0 aliphatic carbocycles. The van der Waals surface area contributed by atoms with Crippen LogP contribution in [0.25, 0.3) is 0 Å². The molecule has 0 radical (unpaired) electrons. The van der Waals surface area contributed by atoms with Gasteiger partial charge in [0, 0.05) is 24.2 Å². The fourth-order valence-corrected chi connectivity index (χ4v) is 3.92. The molecule has 0 bridgehead atoms. The van der Waals surface area contributed by atoms with E-state index in [0.717, 1.165) is 43.4 Å². The number of anilines is 1. The molecule has 142 valence electrons. The molecule has 1 saturated heterocycles. The molecule has 3 rings (SSSR count). The molecule has 26 heavy (non-hydrogen) atoms. The monoisotopic (exact) mass is 379 g/mol. The highest BCUT2D eigenvalue weighted by atomic mass is 35.5. The van der Waals surface area contributed by atoms with Gasteiger partial charge in [0.15, 0.2) is 0 Å². The van der Waals surface area contributed by atoms with Crippen LogP contribution in [0.15, 0.2) is 18.2 Å². The minimum absolute atomic E-state index is 0.310. The highest BCUT2D eigenvalue weighted by Gasteiger charge is 2.31. The molecule has 0 spiro atoms. The number of aryl methyl sites for hydroxylation is 1. The van der Waals surface area contributed by atoms with E-state index in [9.17, 15) is 0 Å².